The molecule has 132 valence electrons. The van der Waals surface area contributed by atoms with Crippen LogP contribution < -0.4 is 15.0 Å². The molecule has 0 aromatic carbocycles. The van der Waals surface area contributed by atoms with Crippen molar-refractivity contribution in [3.05, 3.63) is 30.0 Å². The first-order valence-corrected chi connectivity index (χ1v) is 8.42. The van der Waals surface area contributed by atoms with Crippen molar-refractivity contribution in [3.8, 4) is 5.88 Å². The Kier molecular flexibility index (Phi) is 4.22. The minimum Gasteiger partial charge on any atom is -0.481 e. The first-order chi connectivity index (χ1) is 12.3. The zero-order chi connectivity index (χ0) is 17.2. The zero-order valence-electron chi connectivity index (χ0n) is 14.1. The predicted molar refractivity (Wildman–Crippen MR) is 90.4 cm³/mol. The fraction of sp³-hybridized carbons (Fsp3) is 0.500. The van der Waals surface area contributed by atoms with E-state index in [0.717, 1.165) is 24.4 Å². The number of aromatic amines is 1. The Morgan fingerprint density at radius 1 is 1.28 bits per heavy atom. The number of methoxy groups -OCH3 is 1. The van der Waals surface area contributed by atoms with Crippen molar-refractivity contribution in [2.45, 2.75) is 12.5 Å². The molecule has 9 heteroatoms. The van der Waals surface area contributed by atoms with Gasteiger partial charge in [-0.3, -0.25) is 4.79 Å². The molecular formula is C16H21N7O2. The summed E-state index contributed by atoms with van der Waals surface area (Å²) in [6.07, 6.45) is 4.22. The van der Waals surface area contributed by atoms with E-state index >= 15 is 0 Å². The van der Waals surface area contributed by atoms with E-state index in [9.17, 15) is 4.79 Å². The molecule has 9 nitrogen and oxygen atoms in total. The Morgan fingerprint density at radius 2 is 2.12 bits per heavy atom. The average Bonchev–Trinajstić information content (AvgIpc) is 3.16. The Hall–Kier alpha value is -2.68. The molecule has 1 atom stereocenters. The molecule has 2 aromatic rings. The number of H-pyrrole nitrogens is 1. The van der Waals surface area contributed by atoms with E-state index in [1.807, 2.05) is 4.90 Å². The number of carbonyl (C=O) groups is 1. The fourth-order valence-corrected chi connectivity index (χ4v) is 3.33. The third-order valence-electron chi connectivity index (χ3n) is 4.70. The first-order valence-electron chi connectivity index (χ1n) is 8.42. The molecule has 0 bridgehead atoms. The van der Waals surface area contributed by atoms with Crippen molar-refractivity contribution in [1.29, 1.82) is 0 Å². The lowest BCUT2D eigenvalue weighted by Crippen LogP contribution is -2.52. The number of piperazine rings is 1. The molecule has 0 saturated carbocycles. The van der Waals surface area contributed by atoms with Gasteiger partial charge in [-0.15, -0.1) is 0 Å². The molecule has 0 aliphatic carbocycles. The lowest BCUT2D eigenvalue weighted by Gasteiger charge is -2.37. The van der Waals surface area contributed by atoms with Gasteiger partial charge in [0.2, 0.25) is 17.7 Å². The highest BCUT2D eigenvalue weighted by atomic mass is 16.5. The molecule has 4 heterocycles. The molecule has 2 N–H and O–H groups in total. The van der Waals surface area contributed by atoms with Gasteiger partial charge in [0.1, 0.15) is 6.04 Å². The van der Waals surface area contributed by atoms with Gasteiger partial charge in [0.15, 0.2) is 0 Å². The summed E-state index contributed by atoms with van der Waals surface area (Å²) in [6.45, 7) is 3.44. The SMILES string of the molecule is COc1ccnc(N2CCN(C(=O)[C@H]3NCCc4[nH]cnc43)CC2)n1. The molecule has 0 radical (unpaired) electrons. The van der Waals surface area contributed by atoms with Crippen LogP contribution in [0.25, 0.3) is 0 Å². The maximum atomic E-state index is 12.9. The summed E-state index contributed by atoms with van der Waals surface area (Å²) >= 11 is 0. The third kappa shape index (κ3) is 3.02. The average molecular weight is 343 g/mol. The number of hydrogen-bond acceptors (Lipinski definition) is 7. The second kappa shape index (κ2) is 6.67. The van der Waals surface area contributed by atoms with Crippen LogP contribution in [0.2, 0.25) is 0 Å². The van der Waals surface area contributed by atoms with E-state index < -0.39 is 0 Å². The van der Waals surface area contributed by atoms with Crippen molar-refractivity contribution in [2.75, 3.05) is 44.7 Å². The lowest BCUT2D eigenvalue weighted by atomic mass is 10.0. The molecule has 2 aliphatic heterocycles. The van der Waals surface area contributed by atoms with E-state index in [1.165, 1.54) is 0 Å². The standard InChI is InChI=1S/C16H21N7O2/c1-25-12-3-5-18-16(21-12)23-8-6-22(7-9-23)15(24)14-13-11(2-4-17-14)19-10-20-13/h3,5,10,14,17H,2,4,6-9H2,1H3,(H,19,20)/t14-/m0/s1. The van der Waals surface area contributed by atoms with Crippen LogP contribution in [-0.2, 0) is 11.2 Å². The molecule has 25 heavy (non-hydrogen) atoms. The van der Waals surface area contributed by atoms with Crippen molar-refractivity contribution in [1.82, 2.24) is 30.2 Å². The molecule has 2 aliphatic rings. The van der Waals surface area contributed by atoms with Crippen LogP contribution in [-0.4, -0.2) is 70.6 Å². The minimum absolute atomic E-state index is 0.0826. The quantitative estimate of drug-likeness (QED) is 0.792. The molecule has 1 fully saturated rings. The second-order valence-corrected chi connectivity index (χ2v) is 6.11. The van der Waals surface area contributed by atoms with Gasteiger partial charge >= 0.3 is 0 Å². The number of rotatable bonds is 3. The number of aromatic nitrogens is 4. The number of amides is 1. The Balaban J connectivity index is 1.41. The van der Waals surface area contributed by atoms with Crippen molar-refractivity contribution in [2.24, 2.45) is 0 Å². The van der Waals surface area contributed by atoms with Gasteiger partial charge in [0.05, 0.1) is 19.1 Å². The molecule has 0 spiro atoms. The van der Waals surface area contributed by atoms with Crippen molar-refractivity contribution < 1.29 is 9.53 Å². The van der Waals surface area contributed by atoms with E-state index in [1.54, 1.807) is 25.7 Å². The van der Waals surface area contributed by atoms with Crippen LogP contribution in [0, 0.1) is 0 Å². The van der Waals surface area contributed by atoms with E-state index in [2.05, 4.69) is 30.2 Å². The Labute approximate surface area is 145 Å². The number of fused-ring (bicyclic) bond motifs is 1. The Morgan fingerprint density at radius 3 is 2.92 bits per heavy atom. The van der Waals surface area contributed by atoms with Crippen LogP contribution in [0.15, 0.2) is 18.6 Å². The zero-order valence-corrected chi connectivity index (χ0v) is 14.1. The van der Waals surface area contributed by atoms with Crippen LogP contribution in [0.5, 0.6) is 5.88 Å². The minimum atomic E-state index is -0.352. The van der Waals surface area contributed by atoms with Crippen molar-refractivity contribution >= 4 is 11.9 Å². The number of anilines is 1. The smallest absolute Gasteiger partial charge is 0.246 e. The molecular weight excluding hydrogens is 322 g/mol. The Bertz CT molecular complexity index is 754. The summed E-state index contributed by atoms with van der Waals surface area (Å²) in [6, 6.07) is 1.37. The monoisotopic (exact) mass is 343 g/mol. The van der Waals surface area contributed by atoms with E-state index in [4.69, 9.17) is 4.74 Å². The molecule has 1 saturated heterocycles. The molecule has 4 rings (SSSR count). The molecule has 2 aromatic heterocycles. The maximum Gasteiger partial charge on any atom is 0.246 e. The number of nitrogens with zero attached hydrogens (tertiary/aromatic N) is 5. The van der Waals surface area contributed by atoms with Gasteiger partial charge in [0.25, 0.3) is 0 Å². The summed E-state index contributed by atoms with van der Waals surface area (Å²) in [5.74, 6) is 1.26. The first kappa shape index (κ1) is 15.8. The third-order valence-corrected chi connectivity index (χ3v) is 4.70. The maximum absolute atomic E-state index is 12.9. The van der Waals surface area contributed by atoms with Gasteiger partial charge in [0, 0.05) is 57.1 Å². The fourth-order valence-electron chi connectivity index (χ4n) is 3.33. The van der Waals surface area contributed by atoms with Gasteiger partial charge in [-0.05, 0) is 0 Å². The highest BCUT2D eigenvalue weighted by molar-refractivity contribution is 5.83. The molecule has 0 unspecified atom stereocenters. The van der Waals surface area contributed by atoms with Gasteiger partial charge in [-0.1, -0.05) is 0 Å². The summed E-state index contributed by atoms with van der Waals surface area (Å²) in [7, 11) is 1.59. The van der Waals surface area contributed by atoms with Crippen molar-refractivity contribution in [3.63, 3.8) is 0 Å². The van der Waals surface area contributed by atoms with Gasteiger partial charge in [-0.25, -0.2) is 9.97 Å². The van der Waals surface area contributed by atoms with Gasteiger partial charge in [-0.2, -0.15) is 4.98 Å². The predicted octanol–water partition coefficient (Wildman–Crippen LogP) is -0.256. The largest absolute Gasteiger partial charge is 0.481 e. The number of hydrogen-bond donors (Lipinski definition) is 2. The van der Waals surface area contributed by atoms with E-state index in [-0.39, 0.29) is 11.9 Å². The summed E-state index contributed by atoms with van der Waals surface area (Å²) in [4.78, 5) is 33.0. The van der Waals surface area contributed by atoms with Crippen LogP contribution >= 0.6 is 0 Å². The van der Waals surface area contributed by atoms with Gasteiger partial charge < -0.3 is 24.8 Å². The van der Waals surface area contributed by atoms with Crippen LogP contribution in [0.4, 0.5) is 5.95 Å². The van der Waals surface area contributed by atoms with E-state index in [0.29, 0.717) is 38.0 Å². The second-order valence-electron chi connectivity index (χ2n) is 6.11. The normalized spacial score (nSPS) is 20.3. The number of nitrogens with one attached hydrogen (secondary N) is 2. The topological polar surface area (TPSA) is 99.3 Å². The highest BCUT2D eigenvalue weighted by Gasteiger charge is 2.33. The number of ether oxygens (including phenoxy) is 1. The summed E-state index contributed by atoms with van der Waals surface area (Å²) in [5, 5.41) is 3.29. The highest BCUT2D eigenvalue weighted by Crippen LogP contribution is 2.22. The summed E-state index contributed by atoms with van der Waals surface area (Å²) < 4.78 is 5.15. The number of imidazole rings is 1. The van der Waals surface area contributed by atoms with Crippen LogP contribution in [0.3, 0.4) is 0 Å². The number of carbonyl (C=O) groups excluding carboxylic acids is 1. The lowest BCUT2D eigenvalue weighted by molar-refractivity contribution is -0.134. The molecule has 1 amide bonds. The summed E-state index contributed by atoms with van der Waals surface area (Å²) in [5.41, 5.74) is 1.88. The van der Waals surface area contributed by atoms with Crippen LogP contribution in [0.1, 0.15) is 17.4 Å².